The second-order valence-corrected chi connectivity index (χ2v) is 6.26. The third-order valence-corrected chi connectivity index (χ3v) is 4.55. The van der Waals surface area contributed by atoms with Gasteiger partial charge in [-0.25, -0.2) is 9.78 Å². The number of anilines is 1. The predicted octanol–water partition coefficient (Wildman–Crippen LogP) is 1.39. The fourth-order valence-electron chi connectivity index (χ4n) is 3.17. The summed E-state index contributed by atoms with van der Waals surface area (Å²) in [5, 5.41) is 9.03. The molecule has 0 spiro atoms. The van der Waals surface area contributed by atoms with Gasteiger partial charge in [0.05, 0.1) is 18.7 Å². The number of pyridine rings is 1. The number of rotatable bonds is 3. The molecule has 24 heavy (non-hydrogen) atoms. The molecule has 1 aromatic heterocycles. The number of aromatic nitrogens is 1. The van der Waals surface area contributed by atoms with Gasteiger partial charge in [0.25, 0.3) is 5.91 Å². The van der Waals surface area contributed by atoms with Gasteiger partial charge in [-0.2, -0.15) is 0 Å². The number of ether oxygens (including phenoxy) is 1. The number of amides is 1. The summed E-state index contributed by atoms with van der Waals surface area (Å²) in [6.45, 7) is 2.72. The third kappa shape index (κ3) is 3.84. The lowest BCUT2D eigenvalue weighted by molar-refractivity contribution is -0.154. The van der Waals surface area contributed by atoms with E-state index < -0.39 is 12.1 Å². The molecule has 2 saturated heterocycles. The number of aliphatic carboxylic acids is 1. The molecule has 2 aliphatic heterocycles. The zero-order valence-corrected chi connectivity index (χ0v) is 13.7. The van der Waals surface area contributed by atoms with Crippen LogP contribution < -0.4 is 4.90 Å². The van der Waals surface area contributed by atoms with E-state index in [1.807, 2.05) is 6.07 Å². The minimum Gasteiger partial charge on any atom is -0.479 e. The van der Waals surface area contributed by atoms with Gasteiger partial charge in [-0.3, -0.25) is 4.79 Å². The van der Waals surface area contributed by atoms with Crippen LogP contribution in [0.2, 0.25) is 0 Å². The lowest BCUT2D eigenvalue weighted by Crippen LogP contribution is -2.48. The monoisotopic (exact) mass is 333 g/mol. The van der Waals surface area contributed by atoms with E-state index in [9.17, 15) is 9.59 Å². The number of morpholine rings is 1. The third-order valence-electron chi connectivity index (χ3n) is 4.55. The molecule has 0 aliphatic carbocycles. The number of hydrogen-bond acceptors (Lipinski definition) is 5. The molecule has 1 aromatic rings. The highest BCUT2D eigenvalue weighted by Gasteiger charge is 2.29. The average Bonchev–Trinajstić information content (AvgIpc) is 2.91. The molecule has 7 heteroatoms. The number of carboxylic acids is 1. The van der Waals surface area contributed by atoms with Crippen LogP contribution in [-0.2, 0) is 9.53 Å². The molecule has 0 aromatic carbocycles. The summed E-state index contributed by atoms with van der Waals surface area (Å²) >= 11 is 0. The highest BCUT2D eigenvalue weighted by Crippen LogP contribution is 2.18. The first kappa shape index (κ1) is 16.7. The van der Waals surface area contributed by atoms with Crippen molar-refractivity contribution in [2.24, 2.45) is 0 Å². The largest absolute Gasteiger partial charge is 0.479 e. The van der Waals surface area contributed by atoms with Crippen LogP contribution in [0.25, 0.3) is 0 Å². The van der Waals surface area contributed by atoms with E-state index in [4.69, 9.17) is 9.84 Å². The summed E-state index contributed by atoms with van der Waals surface area (Å²) in [6, 6.07) is 3.66. The van der Waals surface area contributed by atoms with E-state index in [0.717, 1.165) is 18.9 Å². The second-order valence-electron chi connectivity index (χ2n) is 6.26. The fraction of sp³-hybridized carbons (Fsp3) is 0.588. The van der Waals surface area contributed by atoms with Gasteiger partial charge < -0.3 is 19.6 Å². The van der Waals surface area contributed by atoms with Gasteiger partial charge in [-0.1, -0.05) is 12.8 Å². The van der Waals surface area contributed by atoms with Crippen molar-refractivity contribution >= 4 is 17.7 Å². The molecule has 130 valence electrons. The molecule has 1 N–H and O–H groups in total. The molecule has 2 aliphatic rings. The topological polar surface area (TPSA) is 83.0 Å². The van der Waals surface area contributed by atoms with E-state index in [2.05, 4.69) is 9.88 Å². The Morgan fingerprint density at radius 1 is 1.12 bits per heavy atom. The Bertz CT molecular complexity index is 582. The van der Waals surface area contributed by atoms with Crippen molar-refractivity contribution in [3.8, 4) is 0 Å². The van der Waals surface area contributed by atoms with Gasteiger partial charge in [0.15, 0.2) is 6.10 Å². The number of hydrogen-bond donors (Lipinski definition) is 1. The summed E-state index contributed by atoms with van der Waals surface area (Å²) in [6.07, 6.45) is 5.50. The molecule has 2 fully saturated rings. The first-order valence-electron chi connectivity index (χ1n) is 8.50. The highest BCUT2D eigenvalue weighted by molar-refractivity contribution is 5.94. The Morgan fingerprint density at radius 2 is 1.88 bits per heavy atom. The van der Waals surface area contributed by atoms with E-state index >= 15 is 0 Å². The molecular weight excluding hydrogens is 310 g/mol. The zero-order valence-electron chi connectivity index (χ0n) is 13.7. The molecule has 1 amide bonds. The van der Waals surface area contributed by atoms with Crippen LogP contribution in [0.4, 0.5) is 5.82 Å². The van der Waals surface area contributed by atoms with Crippen LogP contribution in [0.15, 0.2) is 18.3 Å². The Morgan fingerprint density at radius 3 is 2.50 bits per heavy atom. The zero-order chi connectivity index (χ0) is 16.9. The van der Waals surface area contributed by atoms with Crippen molar-refractivity contribution in [1.82, 2.24) is 9.88 Å². The lowest BCUT2D eigenvalue weighted by atomic mass is 10.2. The van der Waals surface area contributed by atoms with Crippen molar-refractivity contribution in [3.05, 3.63) is 23.9 Å². The smallest absolute Gasteiger partial charge is 0.334 e. The van der Waals surface area contributed by atoms with E-state index in [1.165, 1.54) is 30.6 Å². The van der Waals surface area contributed by atoms with Gasteiger partial charge in [-0.15, -0.1) is 0 Å². The van der Waals surface area contributed by atoms with Crippen LogP contribution in [0, 0.1) is 0 Å². The summed E-state index contributed by atoms with van der Waals surface area (Å²) < 4.78 is 5.15. The van der Waals surface area contributed by atoms with Crippen LogP contribution in [0.3, 0.4) is 0 Å². The maximum Gasteiger partial charge on any atom is 0.334 e. The Kier molecular flexibility index (Phi) is 5.30. The van der Waals surface area contributed by atoms with Crippen LogP contribution >= 0.6 is 0 Å². The molecule has 0 bridgehead atoms. The number of carbonyl (C=O) groups excluding carboxylic acids is 1. The number of carboxylic acid groups (broad SMARTS) is 1. The van der Waals surface area contributed by atoms with E-state index in [0.29, 0.717) is 12.1 Å². The lowest BCUT2D eigenvalue weighted by Gasteiger charge is -2.31. The minimum absolute atomic E-state index is 0.0715. The summed E-state index contributed by atoms with van der Waals surface area (Å²) in [4.78, 5) is 31.8. The van der Waals surface area contributed by atoms with Crippen LogP contribution in [0.5, 0.6) is 0 Å². The van der Waals surface area contributed by atoms with Crippen molar-refractivity contribution in [2.45, 2.75) is 31.8 Å². The molecule has 0 radical (unpaired) electrons. The Hall–Kier alpha value is -2.15. The van der Waals surface area contributed by atoms with Gasteiger partial charge in [0, 0.05) is 25.8 Å². The average molecular weight is 333 g/mol. The van der Waals surface area contributed by atoms with Gasteiger partial charge in [0.2, 0.25) is 0 Å². The fourth-order valence-corrected chi connectivity index (χ4v) is 3.17. The van der Waals surface area contributed by atoms with Gasteiger partial charge in [0.1, 0.15) is 5.82 Å². The van der Waals surface area contributed by atoms with E-state index in [1.54, 1.807) is 12.3 Å². The summed E-state index contributed by atoms with van der Waals surface area (Å²) in [5.74, 6) is -0.333. The maximum atomic E-state index is 12.5. The van der Waals surface area contributed by atoms with E-state index in [-0.39, 0.29) is 19.1 Å². The predicted molar refractivity (Wildman–Crippen MR) is 88.2 cm³/mol. The van der Waals surface area contributed by atoms with Crippen molar-refractivity contribution < 1.29 is 19.4 Å². The Labute approximate surface area is 141 Å². The number of carbonyl (C=O) groups is 2. The summed E-state index contributed by atoms with van der Waals surface area (Å²) in [5.41, 5.74) is 0.486. The molecule has 1 atom stereocenters. The Balaban J connectivity index is 1.66. The first-order chi connectivity index (χ1) is 11.6. The second kappa shape index (κ2) is 7.61. The highest BCUT2D eigenvalue weighted by atomic mass is 16.5. The SMILES string of the molecule is O=C(O)[C@H]1CN(C(=O)c2ccc(N3CCCCCC3)nc2)CCO1. The van der Waals surface area contributed by atoms with Crippen molar-refractivity contribution in [3.63, 3.8) is 0 Å². The van der Waals surface area contributed by atoms with Crippen molar-refractivity contribution in [1.29, 1.82) is 0 Å². The van der Waals surface area contributed by atoms with Crippen molar-refractivity contribution in [2.75, 3.05) is 37.7 Å². The van der Waals surface area contributed by atoms with Crippen LogP contribution in [-0.4, -0.2) is 65.8 Å². The minimum atomic E-state index is -1.04. The van der Waals surface area contributed by atoms with Gasteiger partial charge >= 0.3 is 5.97 Å². The first-order valence-corrected chi connectivity index (χ1v) is 8.50. The molecule has 7 nitrogen and oxygen atoms in total. The standard InChI is InChI=1S/C17H23N3O4/c21-16(20-9-10-24-14(12-20)17(22)23)13-5-6-15(18-11-13)19-7-3-1-2-4-8-19/h5-6,11,14H,1-4,7-10,12H2,(H,22,23)/t14-/m1/s1. The van der Waals surface area contributed by atoms with Crippen LogP contribution in [0.1, 0.15) is 36.0 Å². The quantitative estimate of drug-likeness (QED) is 0.900. The van der Waals surface area contributed by atoms with Gasteiger partial charge in [-0.05, 0) is 25.0 Å². The normalized spacial score (nSPS) is 22.1. The molecule has 0 saturated carbocycles. The maximum absolute atomic E-state index is 12.5. The molecular formula is C17H23N3O4. The molecule has 3 heterocycles. The molecule has 3 rings (SSSR count). The number of nitrogens with zero attached hydrogens (tertiary/aromatic N) is 3. The molecule has 0 unspecified atom stereocenters. The summed E-state index contributed by atoms with van der Waals surface area (Å²) in [7, 11) is 0.